The van der Waals surface area contributed by atoms with E-state index in [9.17, 15) is 9.90 Å². The SMILES string of the molecule is [O]C(=O)Cc1ccc(Cl)cc1. The maximum Gasteiger partial charge on any atom is 0.359 e. The smallest absolute Gasteiger partial charge is 0.247 e. The fourth-order valence-corrected chi connectivity index (χ4v) is 0.895. The summed E-state index contributed by atoms with van der Waals surface area (Å²) in [6.07, 6.45) is -0.0584. The Labute approximate surface area is 69.4 Å². The molecule has 0 saturated carbocycles. The molecule has 57 valence electrons. The predicted octanol–water partition coefficient (Wildman–Crippen LogP) is 1.84. The fourth-order valence-electron chi connectivity index (χ4n) is 0.769. The summed E-state index contributed by atoms with van der Waals surface area (Å²) < 4.78 is 0. The Balaban J connectivity index is 2.74. The Morgan fingerprint density at radius 3 is 2.27 bits per heavy atom. The highest BCUT2D eigenvalue weighted by Crippen LogP contribution is 2.09. The predicted molar refractivity (Wildman–Crippen MR) is 40.8 cm³/mol. The molecule has 2 nitrogen and oxygen atoms in total. The van der Waals surface area contributed by atoms with Gasteiger partial charge in [-0.2, -0.15) is 0 Å². The summed E-state index contributed by atoms with van der Waals surface area (Å²) in [6, 6.07) is 6.63. The molecular formula is C8H6ClO2. The normalized spacial score (nSPS) is 9.55. The van der Waals surface area contributed by atoms with Gasteiger partial charge in [0, 0.05) is 5.02 Å². The lowest BCUT2D eigenvalue weighted by Crippen LogP contribution is -1.97. The largest absolute Gasteiger partial charge is 0.359 e. The maximum absolute atomic E-state index is 10.1. The molecule has 1 radical (unpaired) electrons. The molecule has 0 amide bonds. The number of rotatable bonds is 2. The Hall–Kier alpha value is -1.02. The maximum atomic E-state index is 10.1. The van der Waals surface area contributed by atoms with E-state index in [0.29, 0.717) is 10.6 Å². The van der Waals surface area contributed by atoms with Crippen molar-refractivity contribution in [3.63, 3.8) is 0 Å². The molecule has 0 aliphatic carbocycles. The average Bonchev–Trinajstić information content (AvgIpc) is 1.93. The second kappa shape index (κ2) is 3.39. The highest BCUT2D eigenvalue weighted by molar-refractivity contribution is 6.30. The monoisotopic (exact) mass is 169 g/mol. The zero-order valence-corrected chi connectivity index (χ0v) is 6.47. The van der Waals surface area contributed by atoms with Crippen LogP contribution in [0.2, 0.25) is 5.02 Å². The van der Waals surface area contributed by atoms with Crippen LogP contribution in [0.25, 0.3) is 0 Å². The van der Waals surface area contributed by atoms with Crippen molar-refractivity contribution in [1.29, 1.82) is 0 Å². The van der Waals surface area contributed by atoms with Crippen molar-refractivity contribution < 1.29 is 9.90 Å². The zero-order chi connectivity index (χ0) is 8.27. The third-order valence-corrected chi connectivity index (χ3v) is 1.51. The van der Waals surface area contributed by atoms with Crippen LogP contribution < -0.4 is 0 Å². The van der Waals surface area contributed by atoms with Crippen molar-refractivity contribution >= 4 is 17.6 Å². The van der Waals surface area contributed by atoms with Gasteiger partial charge in [0.15, 0.2) is 0 Å². The number of hydrogen-bond donors (Lipinski definition) is 0. The molecule has 3 heteroatoms. The molecule has 1 aromatic carbocycles. The van der Waals surface area contributed by atoms with Crippen LogP contribution in [0.15, 0.2) is 24.3 Å². The molecule has 0 bridgehead atoms. The number of halogens is 1. The summed E-state index contributed by atoms with van der Waals surface area (Å²) in [5.41, 5.74) is 0.703. The summed E-state index contributed by atoms with van der Waals surface area (Å²) >= 11 is 5.59. The van der Waals surface area contributed by atoms with Gasteiger partial charge in [0.1, 0.15) is 0 Å². The highest BCUT2D eigenvalue weighted by atomic mass is 35.5. The van der Waals surface area contributed by atoms with Gasteiger partial charge in [0.05, 0.1) is 6.42 Å². The quantitative estimate of drug-likeness (QED) is 0.666. The molecule has 0 fully saturated rings. The second-order valence-corrected chi connectivity index (χ2v) is 2.61. The molecule has 0 aromatic heterocycles. The van der Waals surface area contributed by atoms with Gasteiger partial charge in [-0.25, -0.2) is 9.90 Å². The number of carbonyl (C=O) groups is 1. The van der Waals surface area contributed by atoms with E-state index in [1.165, 1.54) is 0 Å². The fraction of sp³-hybridized carbons (Fsp3) is 0.125. The lowest BCUT2D eigenvalue weighted by molar-refractivity contribution is -0.142. The van der Waals surface area contributed by atoms with Gasteiger partial charge >= 0.3 is 5.97 Å². The van der Waals surface area contributed by atoms with Gasteiger partial charge < -0.3 is 0 Å². The Kier molecular flexibility index (Phi) is 2.49. The summed E-state index contributed by atoms with van der Waals surface area (Å²) in [6.45, 7) is 0. The van der Waals surface area contributed by atoms with Crippen LogP contribution in [0.3, 0.4) is 0 Å². The standard InChI is InChI=1S/C8H6ClO2/c9-7-3-1-6(2-4-7)5-8(10)11/h1-4H,5H2. The summed E-state index contributed by atoms with van der Waals surface area (Å²) in [7, 11) is 0. The molecule has 11 heavy (non-hydrogen) atoms. The third-order valence-electron chi connectivity index (χ3n) is 1.26. The van der Waals surface area contributed by atoms with E-state index in [2.05, 4.69) is 0 Å². The van der Waals surface area contributed by atoms with Crippen LogP contribution in [0.5, 0.6) is 0 Å². The van der Waals surface area contributed by atoms with Crippen molar-refractivity contribution in [2.75, 3.05) is 0 Å². The first-order valence-electron chi connectivity index (χ1n) is 3.13. The number of carbonyl (C=O) groups excluding carboxylic acids is 1. The second-order valence-electron chi connectivity index (χ2n) is 2.18. The van der Waals surface area contributed by atoms with E-state index >= 15 is 0 Å². The van der Waals surface area contributed by atoms with Gasteiger partial charge in [-0.05, 0) is 17.7 Å². The molecule has 1 rings (SSSR count). The van der Waals surface area contributed by atoms with Gasteiger partial charge in [-0.1, -0.05) is 23.7 Å². The number of hydrogen-bond acceptors (Lipinski definition) is 1. The Bertz CT molecular complexity index is 253. The van der Waals surface area contributed by atoms with Crippen LogP contribution in [-0.4, -0.2) is 5.97 Å². The van der Waals surface area contributed by atoms with E-state index in [1.807, 2.05) is 0 Å². The third kappa shape index (κ3) is 2.60. The van der Waals surface area contributed by atoms with E-state index < -0.39 is 5.97 Å². The summed E-state index contributed by atoms with van der Waals surface area (Å²) in [5, 5.41) is 10.7. The lowest BCUT2D eigenvalue weighted by Gasteiger charge is -1.93. The molecule has 0 saturated heterocycles. The van der Waals surface area contributed by atoms with Crippen molar-refractivity contribution in [2.24, 2.45) is 0 Å². The van der Waals surface area contributed by atoms with Crippen molar-refractivity contribution in [1.82, 2.24) is 0 Å². The van der Waals surface area contributed by atoms with Crippen LogP contribution in [0, 0.1) is 0 Å². The van der Waals surface area contributed by atoms with E-state index in [1.54, 1.807) is 24.3 Å². The van der Waals surface area contributed by atoms with Crippen molar-refractivity contribution in [3.05, 3.63) is 34.9 Å². The van der Waals surface area contributed by atoms with Crippen molar-refractivity contribution in [2.45, 2.75) is 6.42 Å². The van der Waals surface area contributed by atoms with Gasteiger partial charge in [0.25, 0.3) is 0 Å². The molecule has 0 unspecified atom stereocenters. The van der Waals surface area contributed by atoms with Crippen molar-refractivity contribution in [3.8, 4) is 0 Å². The molecule has 0 atom stereocenters. The van der Waals surface area contributed by atoms with Gasteiger partial charge in [0.2, 0.25) is 0 Å². The van der Waals surface area contributed by atoms with Gasteiger partial charge in [-0.3, -0.25) is 0 Å². The number of benzene rings is 1. The first kappa shape index (κ1) is 8.08. The highest BCUT2D eigenvalue weighted by Gasteiger charge is 2.00. The molecule has 0 spiro atoms. The zero-order valence-electron chi connectivity index (χ0n) is 5.71. The minimum Gasteiger partial charge on any atom is -0.247 e. The summed E-state index contributed by atoms with van der Waals surface area (Å²) in [4.78, 5) is 10.1. The van der Waals surface area contributed by atoms with Crippen LogP contribution >= 0.6 is 11.6 Å². The Morgan fingerprint density at radius 2 is 1.82 bits per heavy atom. The minimum atomic E-state index is -1.08. The van der Waals surface area contributed by atoms with E-state index in [0.717, 1.165) is 0 Å². The lowest BCUT2D eigenvalue weighted by atomic mass is 10.2. The first-order valence-corrected chi connectivity index (χ1v) is 3.50. The molecular weight excluding hydrogens is 164 g/mol. The van der Waals surface area contributed by atoms with E-state index in [-0.39, 0.29) is 6.42 Å². The topological polar surface area (TPSA) is 37.0 Å². The molecule has 1 aromatic rings. The molecule has 0 N–H and O–H groups in total. The molecule has 0 aliphatic rings. The average molecular weight is 170 g/mol. The molecule has 0 aliphatic heterocycles. The summed E-state index contributed by atoms with van der Waals surface area (Å²) in [5.74, 6) is -1.08. The van der Waals surface area contributed by atoms with Crippen LogP contribution in [0.4, 0.5) is 0 Å². The van der Waals surface area contributed by atoms with Crippen LogP contribution in [-0.2, 0) is 16.3 Å². The molecule has 0 heterocycles. The Morgan fingerprint density at radius 1 is 1.27 bits per heavy atom. The first-order chi connectivity index (χ1) is 5.18. The minimum absolute atomic E-state index is 0.0584. The van der Waals surface area contributed by atoms with Gasteiger partial charge in [-0.15, -0.1) is 0 Å². The van der Waals surface area contributed by atoms with E-state index in [4.69, 9.17) is 11.6 Å². The van der Waals surface area contributed by atoms with Crippen LogP contribution in [0.1, 0.15) is 5.56 Å².